The van der Waals surface area contributed by atoms with E-state index in [4.69, 9.17) is 16.3 Å². The third kappa shape index (κ3) is 4.19. The van der Waals surface area contributed by atoms with E-state index in [1.165, 1.54) is 7.11 Å². The minimum atomic E-state index is -0.390. The third-order valence-corrected chi connectivity index (χ3v) is 4.85. The van der Waals surface area contributed by atoms with Crippen LogP contribution in [0.5, 0.6) is 5.75 Å². The van der Waals surface area contributed by atoms with Gasteiger partial charge in [0.15, 0.2) is 0 Å². The number of likely N-dealkylation sites (tertiary alicyclic amines) is 1. The first-order chi connectivity index (χ1) is 11.6. The molecule has 0 spiro atoms. The number of benzene rings is 1. The monoisotopic (exact) mass is 387 g/mol. The van der Waals surface area contributed by atoms with Crippen molar-refractivity contribution in [3.8, 4) is 5.75 Å². The summed E-state index contributed by atoms with van der Waals surface area (Å²) in [7, 11) is 1.52. The molecule has 1 N–H and O–H groups in total. The first-order valence-electron chi connectivity index (χ1n) is 8.26. The zero-order valence-electron chi connectivity index (χ0n) is 14.2. The topological polar surface area (TPSA) is 61.9 Å². The Balaban J connectivity index is 0.00000225. The van der Waals surface area contributed by atoms with Crippen LogP contribution in [0.15, 0.2) is 18.2 Å². The summed E-state index contributed by atoms with van der Waals surface area (Å²) in [4.78, 5) is 29.3. The summed E-state index contributed by atoms with van der Waals surface area (Å²) in [5, 5.41) is 3.71. The molecule has 0 radical (unpaired) electrons. The van der Waals surface area contributed by atoms with Crippen molar-refractivity contribution in [1.29, 1.82) is 0 Å². The number of nitrogens with one attached hydrogen (secondary N) is 1. The van der Waals surface area contributed by atoms with E-state index in [1.54, 1.807) is 23.1 Å². The van der Waals surface area contributed by atoms with Crippen molar-refractivity contribution in [2.45, 2.75) is 18.9 Å². The molecule has 0 saturated carbocycles. The highest BCUT2D eigenvalue weighted by atomic mass is 35.5. The first kappa shape index (κ1) is 19.8. The van der Waals surface area contributed by atoms with Gasteiger partial charge in [-0.2, -0.15) is 0 Å². The summed E-state index contributed by atoms with van der Waals surface area (Å²) in [5.74, 6) is 0.327. The van der Waals surface area contributed by atoms with E-state index in [-0.39, 0.29) is 30.3 Å². The van der Waals surface area contributed by atoms with Gasteiger partial charge in [0.05, 0.1) is 12.7 Å². The summed E-state index contributed by atoms with van der Waals surface area (Å²) in [6.45, 7) is 3.57. The van der Waals surface area contributed by atoms with Gasteiger partial charge >= 0.3 is 0 Å². The van der Waals surface area contributed by atoms with E-state index >= 15 is 0 Å². The second-order valence-corrected chi connectivity index (χ2v) is 6.51. The molecular formula is C17H23Cl2N3O3. The molecule has 2 saturated heterocycles. The van der Waals surface area contributed by atoms with E-state index in [0.717, 1.165) is 19.5 Å². The number of hydrogen-bond donors (Lipinski definition) is 1. The molecule has 1 unspecified atom stereocenters. The average molecular weight is 388 g/mol. The number of methoxy groups -OCH3 is 1. The van der Waals surface area contributed by atoms with Crippen LogP contribution < -0.4 is 10.1 Å². The first-order valence-corrected chi connectivity index (χ1v) is 8.63. The predicted molar refractivity (Wildman–Crippen MR) is 98.8 cm³/mol. The Morgan fingerprint density at radius 2 is 1.96 bits per heavy atom. The Morgan fingerprint density at radius 1 is 1.24 bits per heavy atom. The minimum absolute atomic E-state index is 0. The lowest BCUT2D eigenvalue weighted by Gasteiger charge is -2.33. The Hall–Kier alpha value is -1.50. The molecule has 2 aliphatic rings. The van der Waals surface area contributed by atoms with Gasteiger partial charge in [-0.1, -0.05) is 11.6 Å². The standard InChI is InChI=1S/C17H22ClN3O3.ClH/c1-24-15-5-4-12(18)11-13(15)16(22)21-8-2-3-14(21)17(23)20-9-6-19-7-10-20;/h4-5,11,14,19H,2-3,6-10H2,1H3;1H. The summed E-state index contributed by atoms with van der Waals surface area (Å²) in [5.41, 5.74) is 0.407. The highest BCUT2D eigenvalue weighted by Gasteiger charge is 2.37. The fourth-order valence-electron chi connectivity index (χ4n) is 3.36. The van der Waals surface area contributed by atoms with Gasteiger partial charge in [0.2, 0.25) is 5.91 Å². The van der Waals surface area contributed by atoms with Gasteiger partial charge in [0.1, 0.15) is 11.8 Å². The molecule has 138 valence electrons. The van der Waals surface area contributed by atoms with Crippen molar-refractivity contribution in [3.63, 3.8) is 0 Å². The second-order valence-electron chi connectivity index (χ2n) is 6.08. The Morgan fingerprint density at radius 3 is 2.64 bits per heavy atom. The highest BCUT2D eigenvalue weighted by Crippen LogP contribution is 2.28. The van der Waals surface area contributed by atoms with E-state index in [9.17, 15) is 9.59 Å². The van der Waals surface area contributed by atoms with Crippen molar-refractivity contribution < 1.29 is 14.3 Å². The SMILES string of the molecule is COc1ccc(Cl)cc1C(=O)N1CCCC1C(=O)N1CCNCC1.Cl. The average Bonchev–Trinajstić information content (AvgIpc) is 3.10. The van der Waals surface area contributed by atoms with Gasteiger partial charge < -0.3 is 19.9 Å². The fourth-order valence-corrected chi connectivity index (χ4v) is 3.54. The predicted octanol–water partition coefficient (Wildman–Crippen LogP) is 1.81. The van der Waals surface area contributed by atoms with Gasteiger partial charge in [-0.3, -0.25) is 9.59 Å². The summed E-state index contributed by atoms with van der Waals surface area (Å²) in [6, 6.07) is 4.58. The van der Waals surface area contributed by atoms with Crippen LogP contribution in [-0.4, -0.2) is 67.5 Å². The third-order valence-electron chi connectivity index (χ3n) is 4.62. The zero-order valence-corrected chi connectivity index (χ0v) is 15.7. The number of nitrogens with zero attached hydrogens (tertiary/aromatic N) is 2. The van der Waals surface area contributed by atoms with Crippen LogP contribution in [-0.2, 0) is 4.79 Å². The van der Waals surface area contributed by atoms with Gasteiger partial charge in [0.25, 0.3) is 5.91 Å². The Kier molecular flexibility index (Phi) is 6.93. The highest BCUT2D eigenvalue weighted by molar-refractivity contribution is 6.31. The van der Waals surface area contributed by atoms with Crippen LogP contribution in [0.2, 0.25) is 5.02 Å². The van der Waals surface area contributed by atoms with Gasteiger partial charge in [-0.25, -0.2) is 0 Å². The van der Waals surface area contributed by atoms with Crippen molar-refractivity contribution in [2.24, 2.45) is 0 Å². The van der Waals surface area contributed by atoms with E-state index < -0.39 is 0 Å². The van der Waals surface area contributed by atoms with Crippen molar-refractivity contribution in [1.82, 2.24) is 15.1 Å². The maximum Gasteiger partial charge on any atom is 0.258 e. The molecule has 2 heterocycles. The molecule has 8 heteroatoms. The molecular weight excluding hydrogens is 365 g/mol. The Bertz CT molecular complexity index is 636. The molecule has 25 heavy (non-hydrogen) atoms. The fraction of sp³-hybridized carbons (Fsp3) is 0.529. The lowest BCUT2D eigenvalue weighted by Crippen LogP contribution is -2.53. The maximum absolute atomic E-state index is 13.0. The number of carbonyl (C=O) groups excluding carboxylic acids is 2. The molecule has 1 aromatic rings. The van der Waals surface area contributed by atoms with Gasteiger partial charge in [0, 0.05) is 37.7 Å². The molecule has 1 atom stereocenters. The van der Waals surface area contributed by atoms with Gasteiger partial charge in [-0.15, -0.1) is 12.4 Å². The number of rotatable bonds is 3. The van der Waals surface area contributed by atoms with Crippen LogP contribution in [0.25, 0.3) is 0 Å². The molecule has 0 aliphatic carbocycles. The quantitative estimate of drug-likeness (QED) is 0.858. The van der Waals surface area contributed by atoms with Crippen molar-refractivity contribution in [2.75, 3.05) is 39.8 Å². The lowest BCUT2D eigenvalue weighted by molar-refractivity contribution is -0.135. The van der Waals surface area contributed by atoms with E-state index in [2.05, 4.69) is 5.32 Å². The van der Waals surface area contributed by atoms with Crippen molar-refractivity contribution in [3.05, 3.63) is 28.8 Å². The molecule has 2 fully saturated rings. The van der Waals surface area contributed by atoms with Crippen molar-refractivity contribution >= 4 is 35.8 Å². The number of piperazine rings is 1. The summed E-state index contributed by atoms with van der Waals surface area (Å²) in [6.07, 6.45) is 1.54. The van der Waals surface area contributed by atoms with Crippen LogP contribution >= 0.6 is 24.0 Å². The molecule has 2 aliphatic heterocycles. The van der Waals surface area contributed by atoms with E-state index in [1.807, 2.05) is 4.90 Å². The van der Waals surface area contributed by atoms with E-state index in [0.29, 0.717) is 42.4 Å². The maximum atomic E-state index is 13.0. The number of halogens is 2. The molecule has 0 bridgehead atoms. The molecule has 1 aromatic carbocycles. The number of amides is 2. The number of hydrogen-bond acceptors (Lipinski definition) is 4. The van der Waals surface area contributed by atoms with Crippen LogP contribution in [0.3, 0.4) is 0 Å². The largest absolute Gasteiger partial charge is 0.496 e. The zero-order chi connectivity index (χ0) is 17.1. The summed E-state index contributed by atoms with van der Waals surface area (Å²) >= 11 is 6.04. The molecule has 3 rings (SSSR count). The number of carbonyl (C=O) groups is 2. The molecule has 6 nitrogen and oxygen atoms in total. The van der Waals surface area contributed by atoms with Crippen LogP contribution in [0, 0.1) is 0 Å². The number of ether oxygens (including phenoxy) is 1. The Labute approximate surface area is 158 Å². The minimum Gasteiger partial charge on any atom is -0.496 e. The lowest BCUT2D eigenvalue weighted by atomic mass is 10.1. The van der Waals surface area contributed by atoms with Crippen LogP contribution in [0.1, 0.15) is 23.2 Å². The second kappa shape index (κ2) is 8.74. The molecule has 0 aromatic heterocycles. The van der Waals surface area contributed by atoms with Gasteiger partial charge in [-0.05, 0) is 31.0 Å². The summed E-state index contributed by atoms with van der Waals surface area (Å²) < 4.78 is 5.28. The normalized spacial score (nSPS) is 20.2. The molecule has 2 amide bonds. The smallest absolute Gasteiger partial charge is 0.258 e. The van der Waals surface area contributed by atoms with Crippen LogP contribution in [0.4, 0.5) is 0 Å².